The molecule has 0 saturated carbocycles. The maximum Gasteiger partial charge on any atom is 0.122 e. The van der Waals surface area contributed by atoms with Crippen LogP contribution in [0.5, 0.6) is 0 Å². The fourth-order valence-corrected chi connectivity index (χ4v) is 2.51. The number of nitrogens with two attached hydrogens (primary N) is 1. The van der Waals surface area contributed by atoms with E-state index in [9.17, 15) is 5.11 Å². The second kappa shape index (κ2) is 5.08. The van der Waals surface area contributed by atoms with Crippen molar-refractivity contribution in [2.45, 2.75) is 31.9 Å². The van der Waals surface area contributed by atoms with E-state index in [0.29, 0.717) is 0 Å². The SMILES string of the molecule is CC1(O)CCCN(Cc2ccc(C(=N)N)cc2)C1. The Morgan fingerprint density at radius 1 is 1.44 bits per heavy atom. The number of likely N-dealkylation sites (tertiary alicyclic amines) is 1. The van der Waals surface area contributed by atoms with Gasteiger partial charge in [0.1, 0.15) is 5.84 Å². The van der Waals surface area contributed by atoms with E-state index < -0.39 is 5.60 Å². The number of hydrogen-bond donors (Lipinski definition) is 3. The molecule has 98 valence electrons. The van der Waals surface area contributed by atoms with E-state index in [0.717, 1.165) is 38.0 Å². The molecule has 4 heteroatoms. The lowest BCUT2D eigenvalue weighted by atomic mass is 9.95. The van der Waals surface area contributed by atoms with Crippen molar-refractivity contribution in [1.29, 1.82) is 5.41 Å². The van der Waals surface area contributed by atoms with Crippen LogP contribution >= 0.6 is 0 Å². The highest BCUT2D eigenvalue weighted by molar-refractivity contribution is 5.94. The summed E-state index contributed by atoms with van der Waals surface area (Å²) in [5, 5.41) is 17.4. The standard InChI is InChI=1S/C14H21N3O/c1-14(18)7-2-8-17(10-14)9-11-3-5-12(6-4-11)13(15)16/h3-6,18H,2,7-10H2,1H3,(H3,15,16). The molecule has 1 aromatic carbocycles. The smallest absolute Gasteiger partial charge is 0.122 e. The first-order valence-corrected chi connectivity index (χ1v) is 6.34. The molecule has 1 atom stereocenters. The molecule has 0 spiro atoms. The van der Waals surface area contributed by atoms with Crippen LogP contribution in [0.1, 0.15) is 30.9 Å². The third kappa shape index (κ3) is 3.31. The molecule has 4 N–H and O–H groups in total. The summed E-state index contributed by atoms with van der Waals surface area (Å²) in [6.07, 6.45) is 1.92. The van der Waals surface area contributed by atoms with E-state index in [1.807, 2.05) is 31.2 Å². The highest BCUT2D eigenvalue weighted by atomic mass is 16.3. The van der Waals surface area contributed by atoms with Gasteiger partial charge in [-0.25, -0.2) is 0 Å². The van der Waals surface area contributed by atoms with Gasteiger partial charge in [-0.2, -0.15) is 0 Å². The summed E-state index contributed by atoms with van der Waals surface area (Å²) < 4.78 is 0. The number of nitrogen functional groups attached to an aromatic ring is 1. The summed E-state index contributed by atoms with van der Waals surface area (Å²) >= 11 is 0. The number of aliphatic hydroxyl groups is 1. The van der Waals surface area contributed by atoms with Crippen molar-refractivity contribution in [3.8, 4) is 0 Å². The Kier molecular flexibility index (Phi) is 3.68. The quantitative estimate of drug-likeness (QED) is 0.557. The van der Waals surface area contributed by atoms with Gasteiger partial charge in [-0.1, -0.05) is 24.3 Å². The number of amidine groups is 1. The number of rotatable bonds is 3. The molecule has 2 rings (SSSR count). The zero-order valence-corrected chi connectivity index (χ0v) is 10.8. The van der Waals surface area contributed by atoms with Gasteiger partial charge in [0.25, 0.3) is 0 Å². The minimum Gasteiger partial charge on any atom is -0.389 e. The van der Waals surface area contributed by atoms with Crippen LogP contribution in [-0.2, 0) is 6.54 Å². The van der Waals surface area contributed by atoms with Crippen LogP contribution in [0.4, 0.5) is 0 Å². The van der Waals surface area contributed by atoms with Gasteiger partial charge in [0, 0.05) is 18.7 Å². The molecule has 1 aliphatic rings. The zero-order valence-electron chi connectivity index (χ0n) is 10.8. The first-order valence-electron chi connectivity index (χ1n) is 6.34. The van der Waals surface area contributed by atoms with Crippen LogP contribution < -0.4 is 5.73 Å². The van der Waals surface area contributed by atoms with Gasteiger partial charge in [0.05, 0.1) is 5.60 Å². The number of nitrogens with zero attached hydrogens (tertiary/aromatic N) is 1. The lowest BCUT2D eigenvalue weighted by Gasteiger charge is -2.36. The molecule has 1 aromatic rings. The van der Waals surface area contributed by atoms with Crippen molar-refractivity contribution in [3.05, 3.63) is 35.4 Å². The molecule has 1 heterocycles. The van der Waals surface area contributed by atoms with Gasteiger partial charge in [0.2, 0.25) is 0 Å². The Hall–Kier alpha value is -1.39. The molecule has 0 amide bonds. The van der Waals surface area contributed by atoms with E-state index in [1.165, 1.54) is 5.56 Å². The molecule has 0 aromatic heterocycles. The van der Waals surface area contributed by atoms with Crippen LogP contribution in [-0.4, -0.2) is 34.5 Å². The monoisotopic (exact) mass is 247 g/mol. The topological polar surface area (TPSA) is 73.3 Å². The van der Waals surface area contributed by atoms with Crippen LogP contribution in [0.2, 0.25) is 0 Å². The molecule has 4 nitrogen and oxygen atoms in total. The average Bonchev–Trinajstić information content (AvgIpc) is 2.28. The lowest BCUT2D eigenvalue weighted by molar-refractivity contribution is -0.0181. The number of hydrogen-bond acceptors (Lipinski definition) is 3. The zero-order chi connectivity index (χ0) is 13.2. The minimum absolute atomic E-state index is 0.0995. The Bertz CT molecular complexity index is 425. The van der Waals surface area contributed by atoms with Crippen molar-refractivity contribution in [3.63, 3.8) is 0 Å². The molecular formula is C14H21N3O. The van der Waals surface area contributed by atoms with Crippen LogP contribution in [0.3, 0.4) is 0 Å². The third-order valence-corrected chi connectivity index (χ3v) is 3.43. The molecular weight excluding hydrogens is 226 g/mol. The molecule has 1 saturated heterocycles. The highest BCUT2D eigenvalue weighted by Gasteiger charge is 2.27. The first-order chi connectivity index (χ1) is 8.46. The van der Waals surface area contributed by atoms with E-state index in [2.05, 4.69) is 4.90 Å². The van der Waals surface area contributed by atoms with Crippen molar-refractivity contribution < 1.29 is 5.11 Å². The Balaban J connectivity index is 1.99. The molecule has 18 heavy (non-hydrogen) atoms. The van der Waals surface area contributed by atoms with E-state index in [-0.39, 0.29) is 5.84 Å². The maximum atomic E-state index is 10.1. The molecule has 0 aliphatic carbocycles. The van der Waals surface area contributed by atoms with Gasteiger partial charge in [-0.05, 0) is 31.9 Å². The molecule has 1 unspecified atom stereocenters. The van der Waals surface area contributed by atoms with Gasteiger partial charge >= 0.3 is 0 Å². The third-order valence-electron chi connectivity index (χ3n) is 3.43. The largest absolute Gasteiger partial charge is 0.389 e. The van der Waals surface area contributed by atoms with E-state index in [4.69, 9.17) is 11.1 Å². The van der Waals surface area contributed by atoms with Crippen LogP contribution in [0.15, 0.2) is 24.3 Å². The summed E-state index contributed by atoms with van der Waals surface area (Å²) in [5.41, 5.74) is 6.81. The second-order valence-corrected chi connectivity index (χ2v) is 5.42. The normalized spacial score (nSPS) is 25.0. The van der Waals surface area contributed by atoms with Crippen molar-refractivity contribution in [2.75, 3.05) is 13.1 Å². The number of benzene rings is 1. The maximum absolute atomic E-state index is 10.1. The highest BCUT2D eigenvalue weighted by Crippen LogP contribution is 2.21. The van der Waals surface area contributed by atoms with Crippen molar-refractivity contribution >= 4 is 5.84 Å². The Morgan fingerprint density at radius 2 is 2.11 bits per heavy atom. The predicted octanol–water partition coefficient (Wildman–Crippen LogP) is 1.32. The van der Waals surface area contributed by atoms with E-state index >= 15 is 0 Å². The molecule has 1 fully saturated rings. The molecule has 0 radical (unpaired) electrons. The second-order valence-electron chi connectivity index (χ2n) is 5.42. The summed E-state index contributed by atoms with van der Waals surface area (Å²) in [4.78, 5) is 2.27. The van der Waals surface area contributed by atoms with Gasteiger partial charge in [-0.15, -0.1) is 0 Å². The average molecular weight is 247 g/mol. The summed E-state index contributed by atoms with van der Waals surface area (Å²) in [6.45, 7) is 4.50. The number of piperidine rings is 1. The summed E-state index contributed by atoms with van der Waals surface area (Å²) in [7, 11) is 0. The fourth-order valence-electron chi connectivity index (χ4n) is 2.51. The molecule has 1 aliphatic heterocycles. The van der Waals surface area contributed by atoms with Crippen molar-refractivity contribution in [1.82, 2.24) is 4.90 Å². The number of β-amino-alcohol motifs (C(OH)–C–C–N with tert-alkyl or cyclic N) is 1. The summed E-state index contributed by atoms with van der Waals surface area (Å²) in [5.74, 6) is 0.0995. The van der Waals surface area contributed by atoms with E-state index in [1.54, 1.807) is 0 Å². The first kappa shape index (κ1) is 13.1. The minimum atomic E-state index is -0.558. The predicted molar refractivity (Wildman–Crippen MR) is 72.6 cm³/mol. The Labute approximate surface area is 108 Å². The van der Waals surface area contributed by atoms with Gasteiger partial charge in [-0.3, -0.25) is 10.3 Å². The van der Waals surface area contributed by atoms with Crippen molar-refractivity contribution in [2.24, 2.45) is 5.73 Å². The fraction of sp³-hybridized carbons (Fsp3) is 0.500. The summed E-state index contributed by atoms with van der Waals surface area (Å²) in [6, 6.07) is 7.75. The van der Waals surface area contributed by atoms with Gasteiger partial charge in [0.15, 0.2) is 0 Å². The van der Waals surface area contributed by atoms with Crippen LogP contribution in [0.25, 0.3) is 0 Å². The Morgan fingerprint density at radius 3 is 2.67 bits per heavy atom. The molecule has 0 bridgehead atoms. The lowest BCUT2D eigenvalue weighted by Crippen LogP contribution is -2.45. The number of nitrogens with one attached hydrogen (secondary N) is 1. The van der Waals surface area contributed by atoms with Crippen LogP contribution in [0, 0.1) is 5.41 Å². The van der Waals surface area contributed by atoms with Gasteiger partial charge < -0.3 is 10.8 Å².